The lowest BCUT2D eigenvalue weighted by molar-refractivity contribution is 0.477. The zero-order chi connectivity index (χ0) is 8.69. The maximum Gasteiger partial charge on any atom is 0.138 e. The summed E-state index contributed by atoms with van der Waals surface area (Å²) in [7, 11) is 1.77. The molecule has 0 amide bonds. The molecule has 0 aliphatic carbocycles. The molecule has 0 atom stereocenters. The molecule has 1 aromatic carbocycles. The van der Waals surface area contributed by atoms with E-state index in [4.69, 9.17) is 5.11 Å². The first-order chi connectivity index (χ1) is 5.34. The van der Waals surface area contributed by atoms with Gasteiger partial charge < -0.3 is 10.4 Å². The van der Waals surface area contributed by atoms with Crippen molar-refractivity contribution in [3.63, 3.8) is 0 Å². The molecule has 1 rings (SSSR count). The van der Waals surface area contributed by atoms with Crippen molar-refractivity contribution in [2.45, 2.75) is 13.8 Å². The van der Waals surface area contributed by atoms with E-state index in [9.17, 15) is 0 Å². The fourth-order valence-electron chi connectivity index (χ4n) is 0.685. The average molecular weight is 153 g/mol. The molecular weight excluding hydrogens is 138 g/mol. The number of para-hydroxylation sites is 2. The Balaban J connectivity index is 0.000000461. The van der Waals surface area contributed by atoms with E-state index in [0.717, 1.165) is 5.69 Å². The molecule has 2 heteroatoms. The molecule has 0 saturated heterocycles. The number of phenolic OH excluding ortho intramolecular Hbond substituents is 1. The number of benzene rings is 1. The first-order valence-electron chi connectivity index (χ1n) is 3.80. The van der Waals surface area contributed by atoms with Crippen LogP contribution in [0.3, 0.4) is 0 Å². The van der Waals surface area contributed by atoms with Gasteiger partial charge in [0, 0.05) is 7.05 Å². The second-order valence-corrected chi connectivity index (χ2v) is 1.77. The summed E-state index contributed by atoms with van der Waals surface area (Å²) in [5, 5.41) is 11.9. The molecule has 0 aliphatic rings. The molecule has 0 fully saturated rings. The largest absolute Gasteiger partial charge is 0.506 e. The van der Waals surface area contributed by atoms with Crippen molar-refractivity contribution in [2.75, 3.05) is 12.4 Å². The maximum absolute atomic E-state index is 9.05. The van der Waals surface area contributed by atoms with Crippen LogP contribution < -0.4 is 5.32 Å². The highest BCUT2D eigenvalue weighted by atomic mass is 16.3. The van der Waals surface area contributed by atoms with Crippen molar-refractivity contribution in [2.24, 2.45) is 0 Å². The molecule has 1 aromatic rings. The Morgan fingerprint density at radius 1 is 1.18 bits per heavy atom. The van der Waals surface area contributed by atoms with Gasteiger partial charge in [0.05, 0.1) is 5.69 Å². The second kappa shape index (κ2) is 5.59. The van der Waals surface area contributed by atoms with Gasteiger partial charge in [-0.25, -0.2) is 0 Å². The fourth-order valence-corrected chi connectivity index (χ4v) is 0.685. The van der Waals surface area contributed by atoms with Gasteiger partial charge in [-0.15, -0.1) is 0 Å². The van der Waals surface area contributed by atoms with Crippen molar-refractivity contribution >= 4 is 5.69 Å². The topological polar surface area (TPSA) is 32.3 Å². The fraction of sp³-hybridized carbons (Fsp3) is 0.333. The Bertz CT molecular complexity index is 199. The lowest BCUT2D eigenvalue weighted by Gasteiger charge is -1.99. The van der Waals surface area contributed by atoms with Gasteiger partial charge >= 0.3 is 0 Å². The number of hydrogen-bond donors (Lipinski definition) is 2. The minimum Gasteiger partial charge on any atom is -0.506 e. The first kappa shape index (κ1) is 9.82. The Morgan fingerprint density at radius 2 is 1.73 bits per heavy atom. The molecule has 0 heterocycles. The molecule has 62 valence electrons. The Morgan fingerprint density at radius 3 is 2.09 bits per heavy atom. The third-order valence-corrected chi connectivity index (χ3v) is 1.17. The monoisotopic (exact) mass is 153 g/mol. The van der Waals surface area contributed by atoms with Crippen LogP contribution >= 0.6 is 0 Å². The number of hydrogen-bond acceptors (Lipinski definition) is 2. The van der Waals surface area contributed by atoms with Crippen molar-refractivity contribution in [1.82, 2.24) is 0 Å². The van der Waals surface area contributed by atoms with E-state index in [0.29, 0.717) is 5.75 Å². The van der Waals surface area contributed by atoms with Crippen LogP contribution in [0.15, 0.2) is 24.3 Å². The number of phenols is 1. The Kier molecular flexibility index (Phi) is 4.99. The second-order valence-electron chi connectivity index (χ2n) is 1.77. The highest BCUT2D eigenvalue weighted by Crippen LogP contribution is 2.19. The van der Waals surface area contributed by atoms with Crippen LogP contribution in [0.2, 0.25) is 0 Å². The summed E-state index contributed by atoms with van der Waals surface area (Å²) < 4.78 is 0. The van der Waals surface area contributed by atoms with Gasteiger partial charge in [-0.05, 0) is 12.1 Å². The normalized spacial score (nSPS) is 7.91. The van der Waals surface area contributed by atoms with E-state index in [1.165, 1.54) is 0 Å². The molecule has 11 heavy (non-hydrogen) atoms. The van der Waals surface area contributed by atoms with Crippen molar-refractivity contribution in [3.05, 3.63) is 24.3 Å². The lowest BCUT2D eigenvalue weighted by atomic mass is 10.3. The summed E-state index contributed by atoms with van der Waals surface area (Å²) in [4.78, 5) is 0. The highest BCUT2D eigenvalue weighted by molar-refractivity contribution is 5.54. The van der Waals surface area contributed by atoms with E-state index in [1.54, 1.807) is 19.2 Å². The van der Waals surface area contributed by atoms with E-state index in [1.807, 2.05) is 26.0 Å². The Hall–Kier alpha value is -1.18. The number of rotatable bonds is 1. The highest BCUT2D eigenvalue weighted by Gasteiger charge is 1.91. The van der Waals surface area contributed by atoms with Gasteiger partial charge in [0.15, 0.2) is 0 Å². The summed E-state index contributed by atoms with van der Waals surface area (Å²) in [6.07, 6.45) is 0. The Labute approximate surface area is 67.9 Å². The number of anilines is 1. The minimum atomic E-state index is 0.292. The number of aromatic hydroxyl groups is 1. The molecule has 0 unspecified atom stereocenters. The van der Waals surface area contributed by atoms with Crippen molar-refractivity contribution in [3.8, 4) is 5.75 Å². The van der Waals surface area contributed by atoms with E-state index < -0.39 is 0 Å². The van der Waals surface area contributed by atoms with Crippen LogP contribution in [0, 0.1) is 0 Å². The summed E-state index contributed by atoms with van der Waals surface area (Å²) in [5.74, 6) is 0.292. The zero-order valence-corrected chi connectivity index (χ0v) is 7.26. The predicted octanol–water partition coefficient (Wildman–Crippen LogP) is 2.46. The summed E-state index contributed by atoms with van der Waals surface area (Å²) in [6.45, 7) is 4.00. The van der Waals surface area contributed by atoms with Crippen LogP contribution in [0.4, 0.5) is 5.69 Å². The molecule has 0 aliphatic heterocycles. The van der Waals surface area contributed by atoms with Crippen LogP contribution in [0.1, 0.15) is 13.8 Å². The minimum absolute atomic E-state index is 0.292. The smallest absolute Gasteiger partial charge is 0.138 e. The van der Waals surface area contributed by atoms with E-state index in [2.05, 4.69) is 5.32 Å². The SMILES string of the molecule is CC.CNc1ccccc1O. The van der Waals surface area contributed by atoms with Crippen LogP contribution in [-0.4, -0.2) is 12.2 Å². The van der Waals surface area contributed by atoms with Crippen molar-refractivity contribution in [1.29, 1.82) is 0 Å². The number of nitrogens with one attached hydrogen (secondary N) is 1. The van der Waals surface area contributed by atoms with Gasteiger partial charge in [-0.1, -0.05) is 26.0 Å². The molecular formula is C9H15NO. The van der Waals surface area contributed by atoms with E-state index in [-0.39, 0.29) is 0 Å². The predicted molar refractivity (Wildman–Crippen MR) is 49.0 cm³/mol. The van der Waals surface area contributed by atoms with Gasteiger partial charge in [-0.3, -0.25) is 0 Å². The van der Waals surface area contributed by atoms with Gasteiger partial charge in [0.1, 0.15) is 5.75 Å². The van der Waals surface area contributed by atoms with Crippen LogP contribution in [0.25, 0.3) is 0 Å². The third kappa shape index (κ3) is 2.94. The molecule has 0 radical (unpaired) electrons. The van der Waals surface area contributed by atoms with Crippen molar-refractivity contribution < 1.29 is 5.11 Å². The molecule has 0 saturated carbocycles. The average Bonchev–Trinajstić information content (AvgIpc) is 2.09. The molecule has 2 nitrogen and oxygen atoms in total. The maximum atomic E-state index is 9.05. The quantitative estimate of drug-likeness (QED) is 0.607. The van der Waals surface area contributed by atoms with E-state index >= 15 is 0 Å². The molecule has 0 bridgehead atoms. The third-order valence-electron chi connectivity index (χ3n) is 1.17. The molecule has 2 N–H and O–H groups in total. The van der Waals surface area contributed by atoms with Gasteiger partial charge in [0.2, 0.25) is 0 Å². The summed E-state index contributed by atoms with van der Waals surface area (Å²) in [5.41, 5.74) is 0.762. The lowest BCUT2D eigenvalue weighted by Crippen LogP contribution is -1.86. The van der Waals surface area contributed by atoms with Crippen LogP contribution in [0.5, 0.6) is 5.75 Å². The first-order valence-corrected chi connectivity index (χ1v) is 3.80. The molecule has 0 spiro atoms. The standard InChI is InChI=1S/C7H9NO.C2H6/c1-8-6-4-2-3-5-7(6)9;1-2/h2-5,8-9H,1H3;1-2H3. The van der Waals surface area contributed by atoms with Gasteiger partial charge in [-0.2, -0.15) is 0 Å². The summed E-state index contributed by atoms with van der Waals surface area (Å²) >= 11 is 0. The molecule has 0 aromatic heterocycles. The summed E-state index contributed by atoms with van der Waals surface area (Å²) in [6, 6.07) is 7.11. The van der Waals surface area contributed by atoms with Crippen LogP contribution in [-0.2, 0) is 0 Å². The zero-order valence-electron chi connectivity index (χ0n) is 7.26. The van der Waals surface area contributed by atoms with Gasteiger partial charge in [0.25, 0.3) is 0 Å².